The molecule has 0 aliphatic carbocycles. The molecule has 2 N–H and O–H groups in total. The number of hydrogen-bond acceptors (Lipinski definition) is 4. The summed E-state index contributed by atoms with van der Waals surface area (Å²) in [5, 5.41) is 6.12. The van der Waals surface area contributed by atoms with E-state index in [2.05, 4.69) is 10.6 Å². The van der Waals surface area contributed by atoms with E-state index in [0.29, 0.717) is 25.2 Å². The van der Waals surface area contributed by atoms with Crippen LogP contribution in [0.2, 0.25) is 0 Å². The van der Waals surface area contributed by atoms with Crippen molar-refractivity contribution >= 4 is 15.9 Å². The maximum Gasteiger partial charge on any atom is 0.251 e. The van der Waals surface area contributed by atoms with Gasteiger partial charge < -0.3 is 10.6 Å². The molecule has 6 nitrogen and oxygen atoms in total. The highest BCUT2D eigenvalue weighted by atomic mass is 32.2. The molecule has 0 saturated carbocycles. The first-order valence-corrected chi connectivity index (χ1v) is 10.6. The summed E-state index contributed by atoms with van der Waals surface area (Å²) in [6.07, 6.45) is 0.772. The molecule has 1 unspecified atom stereocenters. The Balaban J connectivity index is 1.77. The van der Waals surface area contributed by atoms with Gasteiger partial charge in [-0.1, -0.05) is 36.4 Å². The highest BCUT2D eigenvalue weighted by molar-refractivity contribution is 7.89. The number of rotatable bonds is 5. The van der Waals surface area contributed by atoms with Crippen LogP contribution in [0.25, 0.3) is 0 Å². The summed E-state index contributed by atoms with van der Waals surface area (Å²) < 4.78 is 27.3. The lowest BCUT2D eigenvalue weighted by atomic mass is 10.1. The molecule has 3 rings (SSSR count). The van der Waals surface area contributed by atoms with E-state index in [1.807, 2.05) is 37.3 Å². The summed E-state index contributed by atoms with van der Waals surface area (Å²) in [6, 6.07) is 15.7. The van der Waals surface area contributed by atoms with E-state index in [-0.39, 0.29) is 16.8 Å². The topological polar surface area (TPSA) is 78.5 Å². The van der Waals surface area contributed by atoms with E-state index >= 15 is 0 Å². The summed E-state index contributed by atoms with van der Waals surface area (Å²) in [5.41, 5.74) is 1.33. The Morgan fingerprint density at radius 1 is 1.07 bits per heavy atom. The quantitative estimate of drug-likeness (QED) is 0.824. The smallest absolute Gasteiger partial charge is 0.251 e. The zero-order valence-corrected chi connectivity index (χ0v) is 16.2. The molecule has 2 aromatic carbocycles. The first kappa shape index (κ1) is 19.5. The van der Waals surface area contributed by atoms with Crippen molar-refractivity contribution < 1.29 is 13.2 Å². The van der Waals surface area contributed by atoms with Crippen LogP contribution >= 0.6 is 0 Å². The van der Waals surface area contributed by atoms with Crippen LogP contribution in [0.4, 0.5) is 0 Å². The minimum absolute atomic E-state index is 0.157. The van der Waals surface area contributed by atoms with E-state index in [4.69, 9.17) is 0 Å². The van der Waals surface area contributed by atoms with Gasteiger partial charge in [-0.2, -0.15) is 4.31 Å². The number of nitrogens with zero attached hydrogens (tertiary/aromatic N) is 1. The number of amides is 1. The van der Waals surface area contributed by atoms with Gasteiger partial charge in [-0.05, 0) is 43.7 Å². The Labute approximate surface area is 160 Å². The van der Waals surface area contributed by atoms with E-state index < -0.39 is 10.0 Å². The number of benzene rings is 2. The minimum atomic E-state index is -3.61. The fourth-order valence-corrected chi connectivity index (χ4v) is 4.64. The van der Waals surface area contributed by atoms with Crippen molar-refractivity contribution in [1.82, 2.24) is 14.9 Å². The van der Waals surface area contributed by atoms with Crippen LogP contribution in [0.15, 0.2) is 59.5 Å². The third-order valence-corrected chi connectivity index (χ3v) is 6.57. The maximum atomic E-state index is 12.9. The molecule has 1 fully saturated rings. The Morgan fingerprint density at radius 2 is 1.85 bits per heavy atom. The van der Waals surface area contributed by atoms with Gasteiger partial charge in [-0.15, -0.1) is 0 Å². The summed E-state index contributed by atoms with van der Waals surface area (Å²) in [4.78, 5) is 12.8. The van der Waals surface area contributed by atoms with E-state index in [9.17, 15) is 13.2 Å². The molecule has 1 atom stereocenters. The summed E-state index contributed by atoms with van der Waals surface area (Å²) in [5.74, 6) is -0.291. The molecule has 0 spiro atoms. The third kappa shape index (κ3) is 4.74. The Bertz CT molecular complexity index is 876. The third-order valence-electron chi connectivity index (χ3n) is 4.68. The van der Waals surface area contributed by atoms with Crippen molar-refractivity contribution in [2.24, 2.45) is 0 Å². The first-order valence-electron chi connectivity index (χ1n) is 9.15. The van der Waals surface area contributed by atoms with Crippen molar-refractivity contribution in [3.8, 4) is 0 Å². The van der Waals surface area contributed by atoms with E-state index in [1.54, 1.807) is 18.2 Å². The van der Waals surface area contributed by atoms with Gasteiger partial charge in [0.05, 0.1) is 10.9 Å². The zero-order valence-electron chi connectivity index (χ0n) is 15.4. The number of nitrogens with one attached hydrogen (secondary N) is 2. The van der Waals surface area contributed by atoms with Crippen LogP contribution in [0, 0.1) is 0 Å². The fraction of sp³-hybridized carbons (Fsp3) is 0.350. The van der Waals surface area contributed by atoms with Crippen LogP contribution in [-0.2, 0) is 10.0 Å². The average Bonchev–Trinajstić information content (AvgIpc) is 2.99. The Kier molecular flexibility index (Phi) is 6.26. The minimum Gasteiger partial charge on any atom is -0.346 e. The molecule has 27 heavy (non-hydrogen) atoms. The largest absolute Gasteiger partial charge is 0.346 e. The zero-order chi connectivity index (χ0) is 19.3. The molecule has 1 saturated heterocycles. The summed E-state index contributed by atoms with van der Waals surface area (Å²) in [6.45, 7) is 4.26. The molecule has 1 aliphatic heterocycles. The molecule has 0 radical (unpaired) electrons. The van der Waals surface area contributed by atoms with Crippen LogP contribution < -0.4 is 10.6 Å². The first-order chi connectivity index (χ1) is 13.0. The van der Waals surface area contributed by atoms with Gasteiger partial charge in [0.1, 0.15) is 0 Å². The molecular weight excluding hydrogens is 362 g/mol. The fourth-order valence-electron chi connectivity index (χ4n) is 3.11. The molecule has 7 heteroatoms. The van der Waals surface area contributed by atoms with Gasteiger partial charge in [0.2, 0.25) is 10.0 Å². The van der Waals surface area contributed by atoms with Crippen molar-refractivity contribution in [2.45, 2.75) is 24.3 Å². The van der Waals surface area contributed by atoms with Crippen LogP contribution in [-0.4, -0.2) is 44.8 Å². The molecule has 0 aromatic heterocycles. The molecule has 1 aliphatic rings. The van der Waals surface area contributed by atoms with Crippen LogP contribution in [0.5, 0.6) is 0 Å². The molecule has 0 bridgehead atoms. The lowest BCUT2D eigenvalue weighted by molar-refractivity contribution is 0.0939. The summed E-state index contributed by atoms with van der Waals surface area (Å²) in [7, 11) is -3.61. The van der Waals surface area contributed by atoms with Gasteiger partial charge in [-0.25, -0.2) is 8.42 Å². The lowest BCUT2D eigenvalue weighted by Gasteiger charge is -2.20. The Hall–Kier alpha value is -2.22. The molecule has 1 amide bonds. The molecule has 144 valence electrons. The number of carbonyl (C=O) groups excluding carboxylic acids is 1. The normalized spacial score (nSPS) is 17.1. The predicted octanol–water partition coefficient (Wildman–Crippen LogP) is 2.16. The van der Waals surface area contributed by atoms with Gasteiger partial charge in [0, 0.05) is 25.2 Å². The van der Waals surface area contributed by atoms with E-state index in [0.717, 1.165) is 18.5 Å². The highest BCUT2D eigenvalue weighted by Crippen LogP contribution is 2.19. The second-order valence-corrected chi connectivity index (χ2v) is 8.58. The van der Waals surface area contributed by atoms with Gasteiger partial charge in [-0.3, -0.25) is 4.79 Å². The van der Waals surface area contributed by atoms with Crippen molar-refractivity contribution in [3.05, 3.63) is 65.7 Å². The Morgan fingerprint density at radius 3 is 2.63 bits per heavy atom. The SMILES string of the molecule is CC(NC(=O)c1cccc(S(=O)(=O)N2CCCNCC2)c1)c1ccccc1. The van der Waals surface area contributed by atoms with E-state index in [1.165, 1.54) is 10.4 Å². The predicted molar refractivity (Wildman–Crippen MR) is 105 cm³/mol. The average molecular weight is 388 g/mol. The van der Waals surface area contributed by atoms with Crippen molar-refractivity contribution in [2.75, 3.05) is 26.2 Å². The number of sulfonamides is 1. The second-order valence-electron chi connectivity index (χ2n) is 6.64. The second kappa shape index (κ2) is 8.65. The monoisotopic (exact) mass is 387 g/mol. The van der Waals surface area contributed by atoms with Gasteiger partial charge in [0.15, 0.2) is 0 Å². The van der Waals surface area contributed by atoms with Crippen molar-refractivity contribution in [3.63, 3.8) is 0 Å². The van der Waals surface area contributed by atoms with Gasteiger partial charge in [0.25, 0.3) is 5.91 Å². The van der Waals surface area contributed by atoms with Crippen molar-refractivity contribution in [1.29, 1.82) is 0 Å². The van der Waals surface area contributed by atoms with Crippen LogP contribution in [0.3, 0.4) is 0 Å². The standard InChI is InChI=1S/C20H25N3O3S/c1-16(17-7-3-2-4-8-17)22-20(24)18-9-5-10-19(15-18)27(25,26)23-13-6-11-21-12-14-23/h2-5,7-10,15-16,21H,6,11-14H2,1H3,(H,22,24). The maximum absolute atomic E-state index is 12.9. The molecule has 1 heterocycles. The van der Waals surface area contributed by atoms with Crippen LogP contribution in [0.1, 0.15) is 35.3 Å². The molecule has 2 aromatic rings. The lowest BCUT2D eigenvalue weighted by Crippen LogP contribution is -2.34. The highest BCUT2D eigenvalue weighted by Gasteiger charge is 2.25. The molecular formula is C20H25N3O3S. The summed E-state index contributed by atoms with van der Waals surface area (Å²) >= 11 is 0. The number of hydrogen-bond donors (Lipinski definition) is 2. The number of carbonyl (C=O) groups is 1. The van der Waals surface area contributed by atoms with Gasteiger partial charge >= 0.3 is 0 Å².